The Kier molecular flexibility index (Phi) is 5.44. The van der Waals surface area contributed by atoms with E-state index in [4.69, 9.17) is 4.98 Å². The van der Waals surface area contributed by atoms with Crippen LogP contribution < -0.4 is 0 Å². The smallest absolute Gasteiger partial charge is 0.191 e. The molecule has 2 heterocycles. The van der Waals surface area contributed by atoms with Crippen molar-refractivity contribution in [1.29, 1.82) is 0 Å². The molecule has 2 unspecified atom stereocenters. The standard InChI is InChI=1S/C24H24N4S2/c1-3-28-22(21-13-20(21)17-9-5-4-6-10-17)26-27-24(28)30-15-19-14-29-23(25-19)18-11-7-8-16(2)12-18/h4-12,14,20-21H,3,13,15H2,1-2H3. The lowest BCUT2D eigenvalue weighted by Crippen LogP contribution is -2.03. The van der Waals surface area contributed by atoms with Crippen molar-refractivity contribution in [3.8, 4) is 10.6 Å². The van der Waals surface area contributed by atoms with Crippen molar-refractivity contribution in [3.05, 3.63) is 82.6 Å². The van der Waals surface area contributed by atoms with Crippen LogP contribution in [-0.4, -0.2) is 19.7 Å². The SMILES string of the molecule is CCn1c(SCc2csc(-c3cccc(C)c3)n2)nnc1C1CC1c1ccccc1. The fourth-order valence-electron chi connectivity index (χ4n) is 3.95. The molecule has 1 aliphatic rings. The molecule has 4 nitrogen and oxygen atoms in total. The lowest BCUT2D eigenvalue weighted by Gasteiger charge is -2.07. The van der Waals surface area contributed by atoms with E-state index < -0.39 is 0 Å². The topological polar surface area (TPSA) is 43.6 Å². The highest BCUT2D eigenvalue weighted by atomic mass is 32.2. The molecule has 30 heavy (non-hydrogen) atoms. The molecular formula is C24H24N4S2. The maximum absolute atomic E-state index is 4.84. The van der Waals surface area contributed by atoms with E-state index in [-0.39, 0.29) is 0 Å². The minimum absolute atomic E-state index is 0.487. The zero-order valence-corrected chi connectivity index (χ0v) is 18.8. The first kappa shape index (κ1) is 19.5. The number of aryl methyl sites for hydroxylation is 1. The maximum atomic E-state index is 4.84. The Hall–Kier alpha value is -2.44. The van der Waals surface area contributed by atoms with Crippen molar-refractivity contribution in [2.75, 3.05) is 0 Å². The molecule has 5 rings (SSSR count). The number of thiazole rings is 1. The Morgan fingerprint density at radius 2 is 1.93 bits per heavy atom. The highest BCUT2D eigenvalue weighted by Crippen LogP contribution is 2.54. The van der Waals surface area contributed by atoms with Crippen molar-refractivity contribution >= 4 is 23.1 Å². The third kappa shape index (κ3) is 3.94. The average molecular weight is 433 g/mol. The van der Waals surface area contributed by atoms with Gasteiger partial charge in [0.2, 0.25) is 0 Å². The third-order valence-electron chi connectivity index (χ3n) is 5.58. The van der Waals surface area contributed by atoms with Crippen LogP contribution >= 0.6 is 23.1 Å². The molecule has 152 valence electrons. The molecule has 1 saturated carbocycles. The minimum atomic E-state index is 0.487. The number of aromatic nitrogens is 4. The molecular weight excluding hydrogens is 408 g/mol. The molecule has 0 amide bonds. The summed E-state index contributed by atoms with van der Waals surface area (Å²) in [4.78, 5) is 4.84. The van der Waals surface area contributed by atoms with E-state index in [0.29, 0.717) is 11.8 Å². The van der Waals surface area contributed by atoms with Gasteiger partial charge in [-0.2, -0.15) is 0 Å². The molecule has 0 aliphatic heterocycles. The highest BCUT2D eigenvalue weighted by Gasteiger charge is 2.43. The third-order valence-corrected chi connectivity index (χ3v) is 7.52. The van der Waals surface area contributed by atoms with Gasteiger partial charge < -0.3 is 4.57 Å². The zero-order chi connectivity index (χ0) is 20.5. The van der Waals surface area contributed by atoms with E-state index in [1.165, 1.54) is 23.1 Å². The fraction of sp³-hybridized carbons (Fsp3) is 0.292. The van der Waals surface area contributed by atoms with E-state index in [2.05, 4.69) is 88.6 Å². The van der Waals surface area contributed by atoms with E-state index in [1.807, 2.05) is 0 Å². The Labute approximate surface area is 185 Å². The van der Waals surface area contributed by atoms with Crippen LogP contribution in [0, 0.1) is 6.92 Å². The second kappa shape index (κ2) is 8.36. The molecule has 0 bridgehead atoms. The van der Waals surface area contributed by atoms with Gasteiger partial charge in [0, 0.05) is 29.2 Å². The average Bonchev–Trinajstić information content (AvgIpc) is 3.23. The number of hydrogen-bond donors (Lipinski definition) is 0. The quantitative estimate of drug-likeness (QED) is 0.322. The van der Waals surface area contributed by atoms with Crippen molar-refractivity contribution < 1.29 is 0 Å². The van der Waals surface area contributed by atoms with Crippen LogP contribution in [0.15, 0.2) is 65.1 Å². The Balaban J connectivity index is 1.28. The number of hydrogen-bond acceptors (Lipinski definition) is 5. The monoisotopic (exact) mass is 432 g/mol. The van der Waals surface area contributed by atoms with Gasteiger partial charge in [0.25, 0.3) is 0 Å². The first-order chi connectivity index (χ1) is 14.7. The van der Waals surface area contributed by atoms with Gasteiger partial charge in [-0.3, -0.25) is 0 Å². The van der Waals surface area contributed by atoms with Crippen molar-refractivity contribution in [2.24, 2.45) is 0 Å². The van der Waals surface area contributed by atoms with Gasteiger partial charge in [-0.25, -0.2) is 4.98 Å². The summed E-state index contributed by atoms with van der Waals surface area (Å²) < 4.78 is 2.28. The molecule has 1 fully saturated rings. The molecule has 6 heteroatoms. The number of rotatable bonds is 7. The summed E-state index contributed by atoms with van der Waals surface area (Å²) in [5, 5.41) is 13.3. The van der Waals surface area contributed by atoms with Crippen LogP contribution in [-0.2, 0) is 12.3 Å². The Morgan fingerprint density at radius 3 is 2.73 bits per heavy atom. The van der Waals surface area contributed by atoms with Crippen LogP contribution in [0.4, 0.5) is 0 Å². The normalized spacial score (nSPS) is 17.9. The summed E-state index contributed by atoms with van der Waals surface area (Å²) in [5.41, 5.74) is 4.96. The summed E-state index contributed by atoms with van der Waals surface area (Å²) >= 11 is 3.44. The highest BCUT2D eigenvalue weighted by molar-refractivity contribution is 7.98. The lowest BCUT2D eigenvalue weighted by atomic mass is 10.1. The van der Waals surface area contributed by atoms with Crippen molar-refractivity contribution in [2.45, 2.75) is 49.6 Å². The van der Waals surface area contributed by atoms with Crippen LogP contribution in [0.5, 0.6) is 0 Å². The van der Waals surface area contributed by atoms with Crippen LogP contribution in [0.1, 0.15) is 47.8 Å². The largest absolute Gasteiger partial charge is 0.306 e. The molecule has 2 atom stereocenters. The summed E-state index contributed by atoms with van der Waals surface area (Å²) in [6.45, 7) is 5.19. The molecule has 0 radical (unpaired) electrons. The summed E-state index contributed by atoms with van der Waals surface area (Å²) in [6.07, 6.45) is 1.17. The fourth-order valence-corrected chi connectivity index (χ4v) is 5.77. The maximum Gasteiger partial charge on any atom is 0.191 e. The Bertz CT molecular complexity index is 1150. The predicted molar refractivity (Wildman–Crippen MR) is 124 cm³/mol. The number of thioether (sulfide) groups is 1. The molecule has 0 spiro atoms. The van der Waals surface area contributed by atoms with Gasteiger partial charge >= 0.3 is 0 Å². The van der Waals surface area contributed by atoms with Crippen LogP contribution in [0.2, 0.25) is 0 Å². The molecule has 1 aliphatic carbocycles. The molecule has 2 aromatic heterocycles. The minimum Gasteiger partial charge on any atom is -0.306 e. The van der Waals surface area contributed by atoms with E-state index >= 15 is 0 Å². The van der Waals surface area contributed by atoms with Gasteiger partial charge in [-0.1, -0.05) is 65.9 Å². The molecule has 0 N–H and O–H groups in total. The van der Waals surface area contributed by atoms with Gasteiger partial charge in [0.05, 0.1) is 5.69 Å². The van der Waals surface area contributed by atoms with Gasteiger partial charge in [-0.05, 0) is 37.8 Å². The first-order valence-corrected chi connectivity index (χ1v) is 12.2. The molecule has 0 saturated heterocycles. The lowest BCUT2D eigenvalue weighted by molar-refractivity contribution is 0.640. The summed E-state index contributed by atoms with van der Waals surface area (Å²) in [7, 11) is 0. The second-order valence-corrected chi connectivity index (χ2v) is 9.55. The second-order valence-electron chi connectivity index (χ2n) is 7.75. The predicted octanol–water partition coefficient (Wildman–Crippen LogP) is 6.29. The number of benzene rings is 2. The van der Waals surface area contributed by atoms with Crippen molar-refractivity contribution in [3.63, 3.8) is 0 Å². The van der Waals surface area contributed by atoms with Gasteiger partial charge in [0.1, 0.15) is 10.8 Å². The Morgan fingerprint density at radius 1 is 1.07 bits per heavy atom. The van der Waals surface area contributed by atoms with Gasteiger partial charge in [0.15, 0.2) is 5.16 Å². The summed E-state index contributed by atoms with van der Waals surface area (Å²) in [5.74, 6) is 3.01. The van der Waals surface area contributed by atoms with Crippen LogP contribution in [0.25, 0.3) is 10.6 Å². The van der Waals surface area contributed by atoms with E-state index in [1.54, 1.807) is 23.1 Å². The molecule has 4 aromatic rings. The van der Waals surface area contributed by atoms with Gasteiger partial charge in [-0.15, -0.1) is 21.5 Å². The van der Waals surface area contributed by atoms with Crippen molar-refractivity contribution in [1.82, 2.24) is 19.7 Å². The van der Waals surface area contributed by atoms with E-state index in [0.717, 1.165) is 34.0 Å². The summed E-state index contributed by atoms with van der Waals surface area (Å²) in [6, 6.07) is 19.3. The van der Waals surface area contributed by atoms with Crippen LogP contribution in [0.3, 0.4) is 0 Å². The molecule has 2 aromatic carbocycles. The zero-order valence-electron chi connectivity index (χ0n) is 17.2. The number of nitrogens with zero attached hydrogens (tertiary/aromatic N) is 4. The van der Waals surface area contributed by atoms with E-state index in [9.17, 15) is 0 Å². The first-order valence-electron chi connectivity index (χ1n) is 10.3.